The van der Waals surface area contributed by atoms with Crippen LogP contribution in [0.2, 0.25) is 0 Å². The Labute approximate surface area is 138 Å². The number of amides is 1. The first-order chi connectivity index (χ1) is 11.1. The quantitative estimate of drug-likeness (QED) is 0.648. The summed E-state index contributed by atoms with van der Waals surface area (Å²) in [7, 11) is 2.92. The van der Waals surface area contributed by atoms with Crippen LogP contribution < -0.4 is 5.32 Å². The van der Waals surface area contributed by atoms with Gasteiger partial charge in [0, 0.05) is 35.2 Å². The summed E-state index contributed by atoms with van der Waals surface area (Å²) in [4.78, 5) is 29.8. The summed E-state index contributed by atoms with van der Waals surface area (Å²) in [6.45, 7) is 2.68. The number of methoxy groups -OCH3 is 2. The first kappa shape index (κ1) is 17.1. The maximum absolute atomic E-state index is 12.3. The highest BCUT2D eigenvalue weighted by Gasteiger charge is 2.19. The van der Waals surface area contributed by atoms with E-state index in [4.69, 9.17) is 9.47 Å². The fraction of sp³-hybridized carbons (Fsp3) is 0.312. The van der Waals surface area contributed by atoms with Crippen LogP contribution in [0.15, 0.2) is 24.4 Å². The monoisotopic (exact) mass is 334 g/mol. The minimum atomic E-state index is -0.389. The van der Waals surface area contributed by atoms with E-state index in [1.165, 1.54) is 18.4 Å². The van der Waals surface area contributed by atoms with Crippen LogP contribution in [-0.2, 0) is 9.47 Å². The van der Waals surface area contributed by atoms with Crippen molar-refractivity contribution in [1.82, 2.24) is 10.3 Å². The molecule has 2 aromatic rings. The van der Waals surface area contributed by atoms with Gasteiger partial charge in [0.1, 0.15) is 5.69 Å². The summed E-state index contributed by atoms with van der Waals surface area (Å²) in [5, 5.41) is 2.75. The number of pyridine rings is 1. The van der Waals surface area contributed by atoms with Crippen molar-refractivity contribution in [3.8, 4) is 10.4 Å². The number of hydrogen-bond donors (Lipinski definition) is 1. The van der Waals surface area contributed by atoms with Gasteiger partial charge in [0.2, 0.25) is 0 Å². The number of rotatable bonds is 6. The van der Waals surface area contributed by atoms with Gasteiger partial charge in [-0.15, -0.1) is 11.3 Å². The number of thiophene rings is 1. The molecule has 122 valence electrons. The highest BCUT2D eigenvalue weighted by molar-refractivity contribution is 7.15. The van der Waals surface area contributed by atoms with E-state index in [-0.39, 0.29) is 11.9 Å². The highest BCUT2D eigenvalue weighted by atomic mass is 32.1. The second-order valence-corrected chi connectivity index (χ2v) is 5.98. The number of carbonyl (C=O) groups excluding carboxylic acids is 2. The van der Waals surface area contributed by atoms with Crippen molar-refractivity contribution in [2.75, 3.05) is 27.4 Å². The molecule has 1 N–H and O–H groups in total. The van der Waals surface area contributed by atoms with Crippen LogP contribution in [0.25, 0.3) is 10.4 Å². The van der Waals surface area contributed by atoms with Crippen LogP contribution in [0, 0.1) is 6.92 Å². The normalized spacial score (nSPS) is 10.4. The molecule has 0 saturated carbocycles. The molecule has 6 nitrogen and oxygen atoms in total. The van der Waals surface area contributed by atoms with Crippen molar-refractivity contribution >= 4 is 23.2 Å². The predicted molar refractivity (Wildman–Crippen MR) is 87.8 cm³/mol. The Hall–Kier alpha value is -2.25. The Bertz CT molecular complexity index is 712. The van der Waals surface area contributed by atoms with E-state index in [0.29, 0.717) is 30.0 Å². The van der Waals surface area contributed by atoms with Crippen molar-refractivity contribution < 1.29 is 19.1 Å². The molecular weight excluding hydrogens is 316 g/mol. The van der Waals surface area contributed by atoms with E-state index in [9.17, 15) is 9.59 Å². The molecule has 0 aliphatic heterocycles. The van der Waals surface area contributed by atoms with Gasteiger partial charge in [-0.2, -0.15) is 0 Å². The minimum Gasteiger partial charge on any atom is -0.465 e. The molecule has 0 spiro atoms. The van der Waals surface area contributed by atoms with Gasteiger partial charge in [-0.3, -0.25) is 9.78 Å². The number of carbonyl (C=O) groups is 2. The van der Waals surface area contributed by atoms with Crippen LogP contribution in [0.1, 0.15) is 25.7 Å². The lowest BCUT2D eigenvalue weighted by atomic mass is 10.1. The van der Waals surface area contributed by atoms with Crippen molar-refractivity contribution in [3.05, 3.63) is 40.5 Å². The standard InChI is InChI=1S/C16H18N2O4S/c1-10-12(16(20)22-3)9-13(23-10)11-5-4-6-17-14(11)15(19)18-7-8-21-2/h4-6,9H,7-8H2,1-3H3,(H,18,19). The average Bonchev–Trinajstić information content (AvgIpc) is 2.96. The number of ether oxygens (including phenoxy) is 2. The molecule has 7 heteroatoms. The number of nitrogens with zero attached hydrogens (tertiary/aromatic N) is 1. The summed E-state index contributed by atoms with van der Waals surface area (Å²) in [6.07, 6.45) is 1.57. The van der Waals surface area contributed by atoms with Gasteiger partial charge in [-0.1, -0.05) is 0 Å². The van der Waals surface area contributed by atoms with E-state index in [2.05, 4.69) is 10.3 Å². The number of aromatic nitrogens is 1. The molecular formula is C16H18N2O4S. The van der Waals surface area contributed by atoms with E-state index in [1.54, 1.807) is 25.4 Å². The zero-order valence-electron chi connectivity index (χ0n) is 13.2. The van der Waals surface area contributed by atoms with E-state index >= 15 is 0 Å². The maximum Gasteiger partial charge on any atom is 0.338 e. The molecule has 0 atom stereocenters. The molecule has 0 bridgehead atoms. The van der Waals surface area contributed by atoms with Gasteiger partial charge in [-0.05, 0) is 25.1 Å². The molecule has 0 fully saturated rings. The number of nitrogens with one attached hydrogen (secondary N) is 1. The minimum absolute atomic E-state index is 0.275. The summed E-state index contributed by atoms with van der Waals surface area (Å²) in [6, 6.07) is 5.30. The Balaban J connectivity index is 2.34. The van der Waals surface area contributed by atoms with Gasteiger partial charge in [0.15, 0.2) is 0 Å². The Kier molecular flexibility index (Phi) is 5.84. The number of esters is 1. The maximum atomic E-state index is 12.3. The molecule has 0 aliphatic rings. The average molecular weight is 334 g/mol. The van der Waals surface area contributed by atoms with E-state index in [0.717, 1.165) is 9.75 Å². The highest BCUT2D eigenvalue weighted by Crippen LogP contribution is 2.32. The van der Waals surface area contributed by atoms with Crippen molar-refractivity contribution in [2.24, 2.45) is 0 Å². The lowest BCUT2D eigenvalue weighted by molar-refractivity contribution is 0.0600. The lowest BCUT2D eigenvalue weighted by Gasteiger charge is -2.07. The SMILES string of the molecule is COCCNC(=O)c1ncccc1-c1cc(C(=O)OC)c(C)s1. The topological polar surface area (TPSA) is 77.5 Å². The smallest absolute Gasteiger partial charge is 0.338 e. The Morgan fingerprint density at radius 1 is 1.35 bits per heavy atom. The third kappa shape index (κ3) is 3.94. The van der Waals surface area contributed by atoms with Gasteiger partial charge in [0.25, 0.3) is 5.91 Å². The number of aryl methyl sites for hydroxylation is 1. The third-order valence-corrected chi connectivity index (χ3v) is 4.29. The zero-order chi connectivity index (χ0) is 16.8. The van der Waals surface area contributed by atoms with Gasteiger partial charge < -0.3 is 14.8 Å². The van der Waals surface area contributed by atoms with Crippen LogP contribution >= 0.6 is 11.3 Å². The van der Waals surface area contributed by atoms with Crippen molar-refractivity contribution in [1.29, 1.82) is 0 Å². The van der Waals surface area contributed by atoms with Gasteiger partial charge >= 0.3 is 5.97 Å². The predicted octanol–water partition coefficient (Wildman–Crippen LogP) is 2.28. The Morgan fingerprint density at radius 3 is 2.83 bits per heavy atom. The zero-order valence-corrected chi connectivity index (χ0v) is 14.0. The molecule has 2 aromatic heterocycles. The van der Waals surface area contributed by atoms with E-state index < -0.39 is 0 Å². The molecule has 2 heterocycles. The summed E-state index contributed by atoms with van der Waals surface area (Å²) < 4.78 is 9.68. The summed E-state index contributed by atoms with van der Waals surface area (Å²) in [5.41, 5.74) is 1.51. The first-order valence-electron chi connectivity index (χ1n) is 6.99. The summed E-state index contributed by atoms with van der Waals surface area (Å²) in [5.74, 6) is -0.664. The Morgan fingerprint density at radius 2 is 2.13 bits per heavy atom. The van der Waals surface area contributed by atoms with Gasteiger partial charge in [0.05, 0.1) is 19.3 Å². The van der Waals surface area contributed by atoms with Crippen LogP contribution in [0.5, 0.6) is 0 Å². The van der Waals surface area contributed by atoms with Crippen molar-refractivity contribution in [2.45, 2.75) is 6.92 Å². The first-order valence-corrected chi connectivity index (χ1v) is 7.81. The van der Waals surface area contributed by atoms with Crippen LogP contribution in [0.3, 0.4) is 0 Å². The third-order valence-electron chi connectivity index (χ3n) is 3.20. The molecule has 0 saturated heterocycles. The molecule has 1 amide bonds. The second kappa shape index (κ2) is 7.85. The van der Waals surface area contributed by atoms with Gasteiger partial charge in [-0.25, -0.2) is 4.79 Å². The fourth-order valence-electron chi connectivity index (χ4n) is 2.06. The molecule has 0 unspecified atom stereocenters. The van der Waals surface area contributed by atoms with Crippen molar-refractivity contribution in [3.63, 3.8) is 0 Å². The lowest BCUT2D eigenvalue weighted by Crippen LogP contribution is -2.28. The number of hydrogen-bond acceptors (Lipinski definition) is 6. The second-order valence-electron chi connectivity index (χ2n) is 4.72. The molecule has 0 radical (unpaired) electrons. The summed E-state index contributed by atoms with van der Waals surface area (Å²) >= 11 is 1.43. The molecule has 0 aliphatic carbocycles. The molecule has 2 rings (SSSR count). The van der Waals surface area contributed by atoms with E-state index in [1.807, 2.05) is 13.0 Å². The largest absolute Gasteiger partial charge is 0.465 e. The molecule has 0 aromatic carbocycles. The van der Waals surface area contributed by atoms with Crippen LogP contribution in [0.4, 0.5) is 0 Å². The fourth-order valence-corrected chi connectivity index (χ4v) is 3.10. The van der Waals surface area contributed by atoms with Crippen LogP contribution in [-0.4, -0.2) is 44.2 Å². The molecule has 23 heavy (non-hydrogen) atoms.